The van der Waals surface area contributed by atoms with Crippen LogP contribution < -0.4 is 4.90 Å². The summed E-state index contributed by atoms with van der Waals surface area (Å²) >= 11 is 0. The second kappa shape index (κ2) is 6.84. The molecule has 3 rings (SSSR count). The van der Waals surface area contributed by atoms with Crippen molar-refractivity contribution in [3.05, 3.63) is 95.4 Å². The van der Waals surface area contributed by atoms with Crippen molar-refractivity contribution >= 4 is 0 Å². The van der Waals surface area contributed by atoms with Crippen molar-refractivity contribution in [3.8, 4) is 0 Å². The molecular formula is C21H25N2+. The second-order valence-corrected chi connectivity index (χ2v) is 6.46. The lowest BCUT2D eigenvalue weighted by Crippen LogP contribution is -3.09. The normalized spacial score (nSPS) is 20.0. The number of nitrogens with one attached hydrogen (secondary N) is 1. The number of aryl methyl sites for hydroxylation is 1. The highest BCUT2D eigenvalue weighted by atomic mass is 15.1. The molecule has 118 valence electrons. The molecule has 0 saturated carbocycles. The monoisotopic (exact) mass is 305 g/mol. The molecule has 0 amide bonds. The lowest BCUT2D eigenvalue weighted by atomic mass is 9.99. The predicted molar refractivity (Wildman–Crippen MR) is 96.9 cm³/mol. The average Bonchev–Trinajstić information content (AvgIpc) is 2.58. The van der Waals surface area contributed by atoms with E-state index in [1.165, 1.54) is 27.2 Å². The minimum atomic E-state index is 0.480. The van der Waals surface area contributed by atoms with E-state index < -0.39 is 0 Å². The van der Waals surface area contributed by atoms with Crippen LogP contribution in [0.1, 0.15) is 11.1 Å². The van der Waals surface area contributed by atoms with Gasteiger partial charge in [0.25, 0.3) is 0 Å². The molecular weight excluding hydrogens is 280 g/mol. The molecule has 1 aliphatic carbocycles. The molecule has 0 saturated heterocycles. The summed E-state index contributed by atoms with van der Waals surface area (Å²) in [5.41, 5.74) is 5.26. The highest BCUT2D eigenvalue weighted by Crippen LogP contribution is 2.20. The van der Waals surface area contributed by atoms with Crippen LogP contribution in [0, 0.1) is 6.92 Å². The van der Waals surface area contributed by atoms with Crippen LogP contribution in [0.3, 0.4) is 0 Å². The molecule has 1 aromatic carbocycles. The molecule has 1 aliphatic heterocycles. The van der Waals surface area contributed by atoms with Crippen LogP contribution in [0.15, 0.2) is 84.3 Å². The molecule has 0 spiro atoms. The Bertz CT molecular complexity index is 685. The van der Waals surface area contributed by atoms with E-state index in [0.29, 0.717) is 6.04 Å². The van der Waals surface area contributed by atoms with Crippen molar-refractivity contribution < 1.29 is 4.90 Å². The van der Waals surface area contributed by atoms with Gasteiger partial charge in [0.05, 0.1) is 14.1 Å². The molecule has 2 nitrogen and oxygen atoms in total. The van der Waals surface area contributed by atoms with Gasteiger partial charge in [0.1, 0.15) is 6.04 Å². The van der Waals surface area contributed by atoms with Gasteiger partial charge in [-0.1, -0.05) is 36.4 Å². The highest BCUT2D eigenvalue weighted by molar-refractivity contribution is 5.50. The zero-order valence-corrected chi connectivity index (χ0v) is 14.2. The minimum absolute atomic E-state index is 0.480. The summed E-state index contributed by atoms with van der Waals surface area (Å²) in [4.78, 5) is 3.66. The molecule has 23 heavy (non-hydrogen) atoms. The maximum atomic E-state index is 2.28. The molecule has 1 aromatic rings. The van der Waals surface area contributed by atoms with Crippen LogP contribution in [-0.2, 0) is 6.54 Å². The van der Waals surface area contributed by atoms with E-state index in [2.05, 4.69) is 99.0 Å². The third-order valence-corrected chi connectivity index (χ3v) is 4.47. The first-order chi connectivity index (χ1) is 11.1. The van der Waals surface area contributed by atoms with Gasteiger partial charge in [0.15, 0.2) is 0 Å². The molecule has 0 radical (unpaired) electrons. The molecule has 0 unspecified atom stereocenters. The maximum Gasteiger partial charge on any atom is 0.125 e. The van der Waals surface area contributed by atoms with E-state index in [1.54, 1.807) is 0 Å². The molecule has 2 aliphatic rings. The fourth-order valence-electron chi connectivity index (χ4n) is 2.85. The van der Waals surface area contributed by atoms with Crippen LogP contribution in [0.5, 0.6) is 0 Å². The largest absolute Gasteiger partial charge is 0.350 e. The second-order valence-electron chi connectivity index (χ2n) is 6.46. The van der Waals surface area contributed by atoms with Crippen molar-refractivity contribution in [1.29, 1.82) is 0 Å². The van der Waals surface area contributed by atoms with E-state index >= 15 is 0 Å². The third-order valence-electron chi connectivity index (χ3n) is 4.47. The Labute approximate surface area is 139 Å². The van der Waals surface area contributed by atoms with E-state index in [-0.39, 0.29) is 0 Å². The van der Waals surface area contributed by atoms with Gasteiger partial charge in [-0.15, -0.1) is 0 Å². The number of quaternary nitrogens is 1. The predicted octanol–water partition coefficient (Wildman–Crippen LogP) is 2.77. The first-order valence-corrected chi connectivity index (χ1v) is 8.21. The summed E-state index contributed by atoms with van der Waals surface area (Å²) in [5, 5.41) is 0. The van der Waals surface area contributed by atoms with Crippen LogP contribution >= 0.6 is 0 Å². The first-order valence-electron chi connectivity index (χ1n) is 8.21. The minimum Gasteiger partial charge on any atom is -0.350 e. The summed E-state index contributed by atoms with van der Waals surface area (Å²) in [5.74, 6) is 0. The SMILES string of the molecule is Cc1ccccc1CN1C=CC(=C2C=CC([NH+](C)C)C=C2)C=C1. The lowest BCUT2D eigenvalue weighted by molar-refractivity contribution is -0.871. The van der Waals surface area contributed by atoms with Crippen LogP contribution in [-0.4, -0.2) is 25.0 Å². The molecule has 0 fully saturated rings. The maximum absolute atomic E-state index is 2.28. The Morgan fingerprint density at radius 3 is 2.13 bits per heavy atom. The number of likely N-dealkylation sites (N-methyl/N-ethyl adjacent to an activating group) is 1. The lowest BCUT2D eigenvalue weighted by Gasteiger charge is -2.21. The van der Waals surface area contributed by atoms with E-state index in [9.17, 15) is 0 Å². The summed E-state index contributed by atoms with van der Waals surface area (Å²) in [7, 11) is 4.36. The van der Waals surface area contributed by atoms with Gasteiger partial charge in [0, 0.05) is 18.9 Å². The van der Waals surface area contributed by atoms with E-state index in [0.717, 1.165) is 6.54 Å². The molecule has 0 bridgehead atoms. The van der Waals surface area contributed by atoms with Crippen molar-refractivity contribution in [1.82, 2.24) is 4.90 Å². The Morgan fingerprint density at radius 1 is 0.913 bits per heavy atom. The number of hydrogen-bond donors (Lipinski definition) is 1. The summed E-state index contributed by atoms with van der Waals surface area (Å²) in [6.07, 6.45) is 17.8. The summed E-state index contributed by atoms with van der Waals surface area (Å²) < 4.78 is 0. The van der Waals surface area contributed by atoms with Gasteiger partial charge in [-0.3, -0.25) is 0 Å². The van der Waals surface area contributed by atoms with E-state index in [4.69, 9.17) is 0 Å². The molecule has 1 N–H and O–H groups in total. The number of allylic oxidation sites excluding steroid dienone is 6. The van der Waals surface area contributed by atoms with Gasteiger partial charge in [0.2, 0.25) is 0 Å². The Morgan fingerprint density at radius 2 is 1.52 bits per heavy atom. The topological polar surface area (TPSA) is 7.68 Å². The number of nitrogens with zero attached hydrogens (tertiary/aromatic N) is 1. The highest BCUT2D eigenvalue weighted by Gasteiger charge is 2.12. The molecule has 0 aromatic heterocycles. The van der Waals surface area contributed by atoms with E-state index in [1.807, 2.05) is 0 Å². The van der Waals surface area contributed by atoms with Crippen LogP contribution in [0.4, 0.5) is 0 Å². The van der Waals surface area contributed by atoms with Gasteiger partial charge in [-0.2, -0.15) is 0 Å². The van der Waals surface area contributed by atoms with Gasteiger partial charge >= 0.3 is 0 Å². The van der Waals surface area contributed by atoms with Crippen molar-refractivity contribution in [2.75, 3.05) is 14.1 Å². The fourth-order valence-corrected chi connectivity index (χ4v) is 2.85. The smallest absolute Gasteiger partial charge is 0.125 e. The fraction of sp³-hybridized carbons (Fsp3) is 0.238. The number of rotatable bonds is 3. The molecule has 1 heterocycles. The zero-order valence-electron chi connectivity index (χ0n) is 14.2. The summed E-state index contributed by atoms with van der Waals surface area (Å²) in [6.45, 7) is 3.08. The van der Waals surface area contributed by atoms with Gasteiger partial charge in [-0.05, 0) is 53.5 Å². The van der Waals surface area contributed by atoms with Crippen molar-refractivity contribution in [2.45, 2.75) is 19.5 Å². The van der Waals surface area contributed by atoms with Gasteiger partial charge in [-0.25, -0.2) is 0 Å². The molecule has 0 atom stereocenters. The average molecular weight is 305 g/mol. The van der Waals surface area contributed by atoms with Crippen LogP contribution in [0.2, 0.25) is 0 Å². The Balaban J connectivity index is 1.69. The Kier molecular flexibility index (Phi) is 4.63. The zero-order chi connectivity index (χ0) is 16.2. The van der Waals surface area contributed by atoms with Gasteiger partial charge < -0.3 is 9.80 Å². The number of benzene rings is 1. The van der Waals surface area contributed by atoms with Crippen molar-refractivity contribution in [2.24, 2.45) is 0 Å². The third kappa shape index (κ3) is 3.72. The molecule has 2 heteroatoms. The quantitative estimate of drug-likeness (QED) is 0.902. The number of hydrogen-bond acceptors (Lipinski definition) is 1. The summed E-state index contributed by atoms with van der Waals surface area (Å²) in [6, 6.07) is 9.04. The van der Waals surface area contributed by atoms with Crippen LogP contribution in [0.25, 0.3) is 0 Å². The Hall–Kier alpha value is -2.32. The first kappa shape index (κ1) is 15.6. The standard InChI is InChI=1S/C21H24N2/c1-17-6-4-5-7-20(17)16-23-14-12-19(13-15-23)18-8-10-21(11-9-18)22(2)3/h4-15,21H,16H2,1-3H3/p+1. The van der Waals surface area contributed by atoms with Crippen molar-refractivity contribution in [3.63, 3.8) is 0 Å².